The Hall–Kier alpha value is -2.88. The largest absolute Gasteiger partial charge is 0.352 e. The minimum absolute atomic E-state index is 0.130. The van der Waals surface area contributed by atoms with E-state index >= 15 is 0 Å². The van der Waals surface area contributed by atoms with Crippen LogP contribution in [0.15, 0.2) is 67.3 Å². The monoisotopic (exact) mass is 345 g/mol. The zero-order valence-electron chi connectivity index (χ0n) is 14.8. The molecule has 1 aliphatic carbocycles. The summed E-state index contributed by atoms with van der Waals surface area (Å²) in [4.78, 5) is 16.5. The molecule has 0 aliphatic heterocycles. The highest BCUT2D eigenvalue weighted by Crippen LogP contribution is 2.33. The Kier molecular flexibility index (Phi) is 4.82. The zero-order valence-corrected chi connectivity index (χ0v) is 14.8. The number of benzene rings is 2. The number of carbonyl (C=O) groups is 1. The number of nitrogens with zero attached hydrogens (tertiary/aromatic N) is 2. The number of carbonyl (C=O) groups excluding carboxylic acids is 1. The lowest BCUT2D eigenvalue weighted by molar-refractivity contribution is -0.121. The van der Waals surface area contributed by atoms with Crippen molar-refractivity contribution in [1.29, 1.82) is 0 Å². The summed E-state index contributed by atoms with van der Waals surface area (Å²) in [6.45, 7) is 0.567. The molecule has 4 heteroatoms. The van der Waals surface area contributed by atoms with Gasteiger partial charge >= 0.3 is 0 Å². The van der Waals surface area contributed by atoms with Crippen LogP contribution in [0.5, 0.6) is 0 Å². The van der Waals surface area contributed by atoms with E-state index in [1.165, 1.54) is 17.5 Å². The van der Waals surface area contributed by atoms with Gasteiger partial charge in [-0.3, -0.25) is 4.79 Å². The third-order valence-corrected chi connectivity index (χ3v) is 5.15. The smallest absolute Gasteiger partial charge is 0.220 e. The van der Waals surface area contributed by atoms with Crippen LogP contribution in [0.3, 0.4) is 0 Å². The predicted octanol–water partition coefficient (Wildman–Crippen LogP) is 4.00. The first-order valence-electron chi connectivity index (χ1n) is 9.21. The summed E-state index contributed by atoms with van der Waals surface area (Å²) in [5, 5.41) is 3.07. The molecule has 0 saturated carbocycles. The van der Waals surface area contributed by atoms with Crippen molar-refractivity contribution in [2.24, 2.45) is 0 Å². The van der Waals surface area contributed by atoms with E-state index in [2.05, 4.69) is 34.6 Å². The van der Waals surface area contributed by atoms with E-state index in [-0.39, 0.29) is 5.91 Å². The Labute approximate surface area is 153 Å². The van der Waals surface area contributed by atoms with Crippen LogP contribution in [0.4, 0.5) is 0 Å². The molecule has 2 aromatic carbocycles. The SMILES string of the molecule is O=C(CC1CCCc2ccccc21)NCc1ccc(-n2ccnc2)cc1. The third kappa shape index (κ3) is 3.69. The maximum absolute atomic E-state index is 12.4. The van der Waals surface area contributed by atoms with Crippen LogP contribution in [0.25, 0.3) is 5.69 Å². The van der Waals surface area contributed by atoms with Crippen LogP contribution >= 0.6 is 0 Å². The lowest BCUT2D eigenvalue weighted by Crippen LogP contribution is -2.25. The van der Waals surface area contributed by atoms with Crippen LogP contribution in [0.1, 0.15) is 41.9 Å². The normalized spacial score (nSPS) is 16.1. The van der Waals surface area contributed by atoms with Crippen molar-refractivity contribution in [2.75, 3.05) is 0 Å². The fraction of sp³-hybridized carbons (Fsp3) is 0.273. The number of aromatic nitrogens is 2. The van der Waals surface area contributed by atoms with Crippen molar-refractivity contribution < 1.29 is 4.79 Å². The van der Waals surface area contributed by atoms with Gasteiger partial charge in [0.2, 0.25) is 5.91 Å². The summed E-state index contributed by atoms with van der Waals surface area (Å²) in [5.74, 6) is 0.481. The van der Waals surface area contributed by atoms with E-state index in [1.807, 2.05) is 35.0 Å². The second kappa shape index (κ2) is 7.56. The van der Waals surface area contributed by atoms with Gasteiger partial charge in [0.15, 0.2) is 0 Å². The van der Waals surface area contributed by atoms with Crippen LogP contribution in [0.2, 0.25) is 0 Å². The molecule has 4 rings (SSSR count). The molecule has 0 fully saturated rings. The summed E-state index contributed by atoms with van der Waals surface area (Å²) in [6, 6.07) is 16.7. The van der Waals surface area contributed by atoms with Crippen LogP contribution < -0.4 is 5.32 Å². The molecule has 0 radical (unpaired) electrons. The quantitative estimate of drug-likeness (QED) is 0.760. The first-order chi connectivity index (χ1) is 12.8. The Morgan fingerprint density at radius 2 is 2.00 bits per heavy atom. The van der Waals surface area contributed by atoms with Crippen molar-refractivity contribution in [3.05, 3.63) is 83.9 Å². The number of amides is 1. The number of aryl methyl sites for hydroxylation is 1. The standard InChI is InChI=1S/C22H23N3O/c26-22(14-19-6-3-5-18-4-1-2-7-21(18)19)24-15-17-8-10-20(11-9-17)25-13-12-23-16-25/h1-2,4,7-13,16,19H,3,5-6,14-15H2,(H,24,26). The van der Waals surface area contributed by atoms with Gasteiger partial charge in [-0.15, -0.1) is 0 Å². The molecular formula is C22H23N3O. The molecule has 1 heterocycles. The highest BCUT2D eigenvalue weighted by molar-refractivity contribution is 5.77. The highest BCUT2D eigenvalue weighted by atomic mass is 16.1. The van der Waals surface area contributed by atoms with Crippen molar-refractivity contribution >= 4 is 5.91 Å². The number of imidazole rings is 1. The maximum Gasteiger partial charge on any atom is 0.220 e. The van der Waals surface area contributed by atoms with Crippen molar-refractivity contribution in [3.8, 4) is 5.69 Å². The summed E-state index contributed by atoms with van der Waals surface area (Å²) >= 11 is 0. The van der Waals surface area contributed by atoms with Gasteiger partial charge in [0.05, 0.1) is 6.33 Å². The number of hydrogen-bond acceptors (Lipinski definition) is 2. The minimum atomic E-state index is 0.130. The third-order valence-electron chi connectivity index (χ3n) is 5.15. The lowest BCUT2D eigenvalue weighted by atomic mass is 9.81. The molecule has 1 aliphatic rings. The summed E-state index contributed by atoms with van der Waals surface area (Å²) < 4.78 is 1.96. The first kappa shape index (κ1) is 16.6. The summed E-state index contributed by atoms with van der Waals surface area (Å²) in [6.07, 6.45) is 9.44. The van der Waals surface area contributed by atoms with Gasteiger partial charge in [-0.2, -0.15) is 0 Å². The average Bonchev–Trinajstić information content (AvgIpc) is 3.22. The van der Waals surface area contributed by atoms with Gasteiger partial charge in [-0.05, 0) is 54.0 Å². The second-order valence-corrected chi connectivity index (χ2v) is 6.91. The van der Waals surface area contributed by atoms with Crippen LogP contribution in [-0.4, -0.2) is 15.5 Å². The van der Waals surface area contributed by atoms with Gasteiger partial charge in [-0.25, -0.2) is 4.98 Å². The van der Waals surface area contributed by atoms with Crippen LogP contribution in [-0.2, 0) is 17.8 Å². The molecule has 1 N–H and O–H groups in total. The molecule has 0 spiro atoms. The molecule has 4 nitrogen and oxygen atoms in total. The first-order valence-corrected chi connectivity index (χ1v) is 9.21. The van der Waals surface area contributed by atoms with E-state index in [9.17, 15) is 4.79 Å². The molecule has 0 saturated heterocycles. The summed E-state index contributed by atoms with van der Waals surface area (Å²) in [5.41, 5.74) is 4.94. The Morgan fingerprint density at radius 3 is 2.81 bits per heavy atom. The molecule has 132 valence electrons. The van der Waals surface area contributed by atoms with E-state index in [0.29, 0.717) is 18.9 Å². The molecule has 3 aromatic rings. The molecule has 1 unspecified atom stereocenters. The van der Waals surface area contributed by atoms with E-state index in [0.717, 1.165) is 24.1 Å². The maximum atomic E-state index is 12.4. The fourth-order valence-electron chi connectivity index (χ4n) is 3.76. The van der Waals surface area contributed by atoms with Gasteiger partial charge < -0.3 is 9.88 Å². The molecule has 1 atom stereocenters. The minimum Gasteiger partial charge on any atom is -0.352 e. The van der Waals surface area contributed by atoms with E-state index in [1.54, 1.807) is 12.5 Å². The van der Waals surface area contributed by atoms with Gasteiger partial charge in [0.1, 0.15) is 0 Å². The summed E-state index contributed by atoms with van der Waals surface area (Å²) in [7, 11) is 0. The van der Waals surface area contributed by atoms with Crippen molar-refractivity contribution in [2.45, 2.75) is 38.1 Å². The molecule has 0 bridgehead atoms. The van der Waals surface area contributed by atoms with E-state index in [4.69, 9.17) is 0 Å². The topological polar surface area (TPSA) is 46.9 Å². The molecule has 26 heavy (non-hydrogen) atoms. The Morgan fingerprint density at radius 1 is 1.15 bits per heavy atom. The Bertz CT molecular complexity index is 869. The number of fused-ring (bicyclic) bond motifs is 1. The van der Waals surface area contributed by atoms with Crippen molar-refractivity contribution in [1.82, 2.24) is 14.9 Å². The van der Waals surface area contributed by atoms with Gasteiger partial charge in [-0.1, -0.05) is 36.4 Å². The lowest BCUT2D eigenvalue weighted by Gasteiger charge is -2.25. The van der Waals surface area contributed by atoms with Crippen molar-refractivity contribution in [3.63, 3.8) is 0 Å². The van der Waals surface area contributed by atoms with E-state index < -0.39 is 0 Å². The molecular weight excluding hydrogens is 322 g/mol. The molecule has 1 aromatic heterocycles. The van der Waals surface area contributed by atoms with Gasteiger partial charge in [0, 0.05) is 31.0 Å². The predicted molar refractivity (Wildman–Crippen MR) is 102 cm³/mol. The number of hydrogen-bond donors (Lipinski definition) is 1. The fourth-order valence-corrected chi connectivity index (χ4v) is 3.76. The highest BCUT2D eigenvalue weighted by Gasteiger charge is 2.22. The van der Waals surface area contributed by atoms with Crippen LogP contribution in [0, 0.1) is 0 Å². The second-order valence-electron chi connectivity index (χ2n) is 6.91. The zero-order chi connectivity index (χ0) is 17.8. The number of nitrogens with one attached hydrogen (secondary N) is 1. The Balaban J connectivity index is 1.33. The molecule has 1 amide bonds. The number of rotatable bonds is 5. The van der Waals surface area contributed by atoms with Gasteiger partial charge in [0.25, 0.3) is 0 Å². The average molecular weight is 345 g/mol.